The fourth-order valence-corrected chi connectivity index (χ4v) is 3.23. The van der Waals surface area contributed by atoms with Crippen LogP contribution < -0.4 is 16.4 Å². The average molecular weight is 361 g/mol. The van der Waals surface area contributed by atoms with Crippen molar-refractivity contribution in [3.8, 4) is 0 Å². The minimum absolute atomic E-state index is 0.0246. The summed E-state index contributed by atoms with van der Waals surface area (Å²) in [5, 5.41) is 8.84. The second-order valence-electron chi connectivity index (χ2n) is 7.07. The van der Waals surface area contributed by atoms with Crippen molar-refractivity contribution >= 4 is 22.4 Å². The minimum Gasteiger partial charge on any atom is -0.329 e. The van der Waals surface area contributed by atoms with Crippen LogP contribution in [0.2, 0.25) is 0 Å². The smallest absolute Gasteiger partial charge is 0.225 e. The summed E-state index contributed by atoms with van der Waals surface area (Å²) in [5.41, 5.74) is 10.2. The SMILES string of the molecule is Cc1ccc(NC(=O)CC(CN)NCc2ccc3ccccc3c2)c(C)c1. The van der Waals surface area contributed by atoms with Gasteiger partial charge in [-0.1, -0.05) is 54.1 Å². The molecule has 0 radical (unpaired) electrons. The molecule has 1 unspecified atom stereocenters. The van der Waals surface area contributed by atoms with E-state index in [1.165, 1.54) is 21.9 Å². The number of rotatable bonds is 7. The highest BCUT2D eigenvalue weighted by Gasteiger charge is 2.13. The number of fused-ring (bicyclic) bond motifs is 1. The number of amides is 1. The van der Waals surface area contributed by atoms with Gasteiger partial charge in [-0.15, -0.1) is 0 Å². The fraction of sp³-hybridized carbons (Fsp3) is 0.261. The lowest BCUT2D eigenvalue weighted by Crippen LogP contribution is -2.38. The van der Waals surface area contributed by atoms with Crippen LogP contribution in [0, 0.1) is 13.8 Å². The average Bonchev–Trinajstić information content (AvgIpc) is 2.67. The molecule has 0 aromatic heterocycles. The Morgan fingerprint density at radius 2 is 1.78 bits per heavy atom. The van der Waals surface area contributed by atoms with Crippen LogP contribution in [0.4, 0.5) is 5.69 Å². The first-order valence-electron chi connectivity index (χ1n) is 9.33. The molecule has 0 spiro atoms. The van der Waals surface area contributed by atoms with Crippen LogP contribution in [0.3, 0.4) is 0 Å². The molecule has 0 saturated carbocycles. The quantitative estimate of drug-likeness (QED) is 0.598. The molecular formula is C23H27N3O. The second kappa shape index (κ2) is 8.80. The maximum Gasteiger partial charge on any atom is 0.225 e. The summed E-state index contributed by atoms with van der Waals surface area (Å²) in [6.45, 7) is 5.14. The summed E-state index contributed by atoms with van der Waals surface area (Å²) in [7, 11) is 0. The predicted octanol–water partition coefficient (Wildman–Crippen LogP) is 3.90. The topological polar surface area (TPSA) is 67.2 Å². The zero-order valence-corrected chi connectivity index (χ0v) is 16.0. The van der Waals surface area contributed by atoms with Gasteiger partial charge in [0, 0.05) is 31.2 Å². The molecule has 0 bridgehead atoms. The van der Waals surface area contributed by atoms with E-state index in [0.29, 0.717) is 19.5 Å². The van der Waals surface area contributed by atoms with Gasteiger partial charge < -0.3 is 16.4 Å². The zero-order valence-electron chi connectivity index (χ0n) is 16.0. The first-order valence-corrected chi connectivity index (χ1v) is 9.33. The number of nitrogens with one attached hydrogen (secondary N) is 2. The van der Waals surface area contributed by atoms with Crippen LogP contribution in [-0.2, 0) is 11.3 Å². The van der Waals surface area contributed by atoms with Crippen LogP contribution in [0.25, 0.3) is 10.8 Å². The third-order valence-corrected chi connectivity index (χ3v) is 4.78. The number of hydrogen-bond acceptors (Lipinski definition) is 3. The van der Waals surface area contributed by atoms with E-state index in [-0.39, 0.29) is 11.9 Å². The number of hydrogen-bond donors (Lipinski definition) is 3. The Bertz CT molecular complexity index is 936. The van der Waals surface area contributed by atoms with Crippen LogP contribution in [-0.4, -0.2) is 18.5 Å². The Labute approximate surface area is 160 Å². The van der Waals surface area contributed by atoms with Crippen LogP contribution in [0.5, 0.6) is 0 Å². The lowest BCUT2D eigenvalue weighted by atomic mass is 10.1. The Morgan fingerprint density at radius 3 is 2.52 bits per heavy atom. The molecule has 3 aromatic rings. The maximum absolute atomic E-state index is 12.4. The molecular weight excluding hydrogens is 334 g/mol. The Kier molecular flexibility index (Phi) is 6.22. The maximum atomic E-state index is 12.4. The third kappa shape index (κ3) is 5.16. The summed E-state index contributed by atoms with van der Waals surface area (Å²) >= 11 is 0. The van der Waals surface area contributed by atoms with Gasteiger partial charge in [0.05, 0.1) is 0 Å². The van der Waals surface area contributed by atoms with Crippen molar-refractivity contribution in [1.82, 2.24) is 5.32 Å². The molecule has 1 atom stereocenters. The van der Waals surface area contributed by atoms with Crippen molar-refractivity contribution in [2.45, 2.75) is 32.9 Å². The van der Waals surface area contributed by atoms with E-state index in [9.17, 15) is 4.79 Å². The second-order valence-corrected chi connectivity index (χ2v) is 7.07. The van der Waals surface area contributed by atoms with E-state index in [0.717, 1.165) is 11.3 Å². The van der Waals surface area contributed by atoms with Gasteiger partial charge in [0.1, 0.15) is 0 Å². The number of carbonyl (C=O) groups is 1. The highest BCUT2D eigenvalue weighted by Crippen LogP contribution is 2.17. The van der Waals surface area contributed by atoms with E-state index >= 15 is 0 Å². The van der Waals surface area contributed by atoms with E-state index in [1.807, 2.05) is 38.1 Å². The summed E-state index contributed by atoms with van der Waals surface area (Å²) in [5.74, 6) is -0.0246. The zero-order chi connectivity index (χ0) is 19.2. The van der Waals surface area contributed by atoms with E-state index in [1.54, 1.807) is 0 Å². The molecule has 140 valence electrons. The Hall–Kier alpha value is -2.69. The van der Waals surface area contributed by atoms with Gasteiger partial charge in [-0.05, 0) is 47.9 Å². The molecule has 0 aliphatic heterocycles. The van der Waals surface area contributed by atoms with Gasteiger partial charge in [0.15, 0.2) is 0 Å². The Morgan fingerprint density at radius 1 is 1.00 bits per heavy atom. The molecule has 3 rings (SSSR count). The van der Waals surface area contributed by atoms with Gasteiger partial charge in [-0.3, -0.25) is 4.79 Å². The molecule has 4 heteroatoms. The minimum atomic E-state index is -0.0674. The van der Waals surface area contributed by atoms with Crippen LogP contribution >= 0.6 is 0 Å². The summed E-state index contributed by atoms with van der Waals surface area (Å²) < 4.78 is 0. The first-order chi connectivity index (χ1) is 13.0. The highest BCUT2D eigenvalue weighted by atomic mass is 16.1. The molecule has 0 aliphatic carbocycles. The molecule has 1 amide bonds. The summed E-state index contributed by atoms with van der Waals surface area (Å²) in [6, 6.07) is 20.6. The monoisotopic (exact) mass is 361 g/mol. The van der Waals surface area contributed by atoms with E-state index in [4.69, 9.17) is 5.73 Å². The largest absolute Gasteiger partial charge is 0.329 e. The lowest BCUT2D eigenvalue weighted by molar-refractivity contribution is -0.116. The van der Waals surface area contributed by atoms with Crippen LogP contribution in [0.15, 0.2) is 60.7 Å². The number of benzene rings is 3. The summed E-state index contributed by atoms with van der Waals surface area (Å²) in [4.78, 5) is 12.4. The summed E-state index contributed by atoms with van der Waals surface area (Å²) in [6.07, 6.45) is 0.345. The molecule has 0 aliphatic rings. The lowest BCUT2D eigenvalue weighted by Gasteiger charge is -2.17. The molecule has 4 N–H and O–H groups in total. The fourth-order valence-electron chi connectivity index (χ4n) is 3.23. The number of aryl methyl sites for hydroxylation is 2. The van der Waals surface area contributed by atoms with E-state index < -0.39 is 0 Å². The van der Waals surface area contributed by atoms with Gasteiger partial charge >= 0.3 is 0 Å². The van der Waals surface area contributed by atoms with Crippen molar-refractivity contribution in [2.24, 2.45) is 5.73 Å². The Balaban J connectivity index is 1.57. The van der Waals surface area contributed by atoms with Gasteiger partial charge in [-0.25, -0.2) is 0 Å². The van der Waals surface area contributed by atoms with E-state index in [2.05, 4.69) is 47.0 Å². The standard InChI is InChI=1S/C23H27N3O/c1-16-7-10-22(17(2)11-16)26-23(27)13-21(14-24)25-15-18-8-9-19-5-3-4-6-20(19)12-18/h3-12,21,25H,13-15,24H2,1-2H3,(H,26,27). The third-order valence-electron chi connectivity index (χ3n) is 4.78. The molecule has 3 aromatic carbocycles. The molecule has 4 nitrogen and oxygen atoms in total. The normalized spacial score (nSPS) is 12.1. The molecule has 0 heterocycles. The molecule has 0 saturated heterocycles. The van der Waals surface area contributed by atoms with Crippen molar-refractivity contribution in [2.75, 3.05) is 11.9 Å². The van der Waals surface area contributed by atoms with Crippen molar-refractivity contribution in [1.29, 1.82) is 0 Å². The van der Waals surface area contributed by atoms with Crippen molar-refractivity contribution in [3.63, 3.8) is 0 Å². The van der Waals surface area contributed by atoms with Crippen LogP contribution in [0.1, 0.15) is 23.1 Å². The molecule has 0 fully saturated rings. The van der Waals surface area contributed by atoms with Gasteiger partial charge in [0.25, 0.3) is 0 Å². The van der Waals surface area contributed by atoms with Gasteiger partial charge in [0.2, 0.25) is 5.91 Å². The number of nitrogens with two attached hydrogens (primary N) is 1. The van der Waals surface area contributed by atoms with Crippen molar-refractivity contribution < 1.29 is 4.79 Å². The van der Waals surface area contributed by atoms with Gasteiger partial charge in [-0.2, -0.15) is 0 Å². The number of carbonyl (C=O) groups excluding carboxylic acids is 1. The number of anilines is 1. The molecule has 27 heavy (non-hydrogen) atoms. The highest BCUT2D eigenvalue weighted by molar-refractivity contribution is 5.92. The van der Waals surface area contributed by atoms with Crippen molar-refractivity contribution in [3.05, 3.63) is 77.4 Å². The predicted molar refractivity (Wildman–Crippen MR) is 113 cm³/mol. The first kappa shape index (κ1) is 19.1.